The number of carbonyl (C=O) groups is 2. The van der Waals surface area contributed by atoms with Gasteiger partial charge in [-0.2, -0.15) is 0 Å². The zero-order valence-corrected chi connectivity index (χ0v) is 17.0. The van der Waals surface area contributed by atoms with Gasteiger partial charge in [0.1, 0.15) is 5.70 Å². The third kappa shape index (κ3) is 5.56. The highest BCUT2D eigenvalue weighted by molar-refractivity contribution is 6.32. The minimum atomic E-state index is -0.436. The maximum Gasteiger partial charge on any atom is 0.272 e. The van der Waals surface area contributed by atoms with Crippen LogP contribution >= 0.6 is 11.6 Å². The molecule has 0 saturated carbocycles. The van der Waals surface area contributed by atoms with Crippen LogP contribution in [0.1, 0.15) is 27.0 Å². The van der Waals surface area contributed by atoms with Crippen molar-refractivity contribution in [2.24, 2.45) is 0 Å². The molecule has 0 aromatic heterocycles. The fourth-order valence-electron chi connectivity index (χ4n) is 2.64. The van der Waals surface area contributed by atoms with Crippen LogP contribution in [0, 0.1) is 13.8 Å². The molecule has 0 saturated heterocycles. The molecular weight excluding hydrogens is 384 g/mol. The van der Waals surface area contributed by atoms with E-state index in [4.69, 9.17) is 11.6 Å². The number of nitrogens with one attached hydrogen (secondary N) is 2. The second kappa shape index (κ2) is 9.22. The van der Waals surface area contributed by atoms with E-state index in [0.29, 0.717) is 21.8 Å². The highest BCUT2D eigenvalue weighted by Crippen LogP contribution is 2.19. The number of aryl methyl sites for hydroxylation is 2. The molecule has 4 nitrogen and oxygen atoms in total. The Balaban J connectivity index is 1.89. The van der Waals surface area contributed by atoms with E-state index in [9.17, 15) is 9.59 Å². The van der Waals surface area contributed by atoms with Gasteiger partial charge in [0.05, 0.1) is 0 Å². The van der Waals surface area contributed by atoms with Crippen molar-refractivity contribution in [3.05, 3.63) is 106 Å². The molecule has 0 radical (unpaired) electrons. The SMILES string of the molecule is Cc1ccc(NC(=O)C(=Cc2ccccc2Cl)NC(=O)c2ccc(C)cc2)cc1. The normalized spacial score (nSPS) is 11.1. The lowest BCUT2D eigenvalue weighted by atomic mass is 10.1. The van der Waals surface area contributed by atoms with E-state index in [-0.39, 0.29) is 11.6 Å². The van der Waals surface area contributed by atoms with Crippen LogP contribution in [-0.2, 0) is 4.79 Å². The Morgan fingerprint density at radius 2 is 1.41 bits per heavy atom. The molecule has 0 aliphatic carbocycles. The van der Waals surface area contributed by atoms with Gasteiger partial charge < -0.3 is 10.6 Å². The number of halogens is 1. The molecule has 0 heterocycles. The van der Waals surface area contributed by atoms with Crippen molar-refractivity contribution in [1.29, 1.82) is 0 Å². The van der Waals surface area contributed by atoms with Gasteiger partial charge in [0.2, 0.25) is 0 Å². The van der Waals surface area contributed by atoms with Crippen LogP contribution < -0.4 is 10.6 Å². The molecule has 3 rings (SSSR count). The van der Waals surface area contributed by atoms with Gasteiger partial charge in [0, 0.05) is 16.3 Å². The molecular formula is C24H21ClN2O2. The Morgan fingerprint density at radius 1 is 0.828 bits per heavy atom. The second-order valence-electron chi connectivity index (χ2n) is 6.72. The minimum Gasteiger partial charge on any atom is -0.321 e. The van der Waals surface area contributed by atoms with Crippen molar-refractivity contribution in [2.45, 2.75) is 13.8 Å². The quantitative estimate of drug-likeness (QED) is 0.562. The van der Waals surface area contributed by atoms with Gasteiger partial charge in [-0.3, -0.25) is 9.59 Å². The predicted octanol–water partition coefficient (Wildman–Crippen LogP) is 5.37. The van der Waals surface area contributed by atoms with Crippen molar-refractivity contribution in [1.82, 2.24) is 5.32 Å². The van der Waals surface area contributed by atoms with Gasteiger partial charge in [-0.15, -0.1) is 0 Å². The van der Waals surface area contributed by atoms with Crippen molar-refractivity contribution >= 4 is 35.2 Å². The highest BCUT2D eigenvalue weighted by atomic mass is 35.5. The van der Waals surface area contributed by atoms with Crippen LogP contribution in [0.25, 0.3) is 6.08 Å². The largest absolute Gasteiger partial charge is 0.321 e. The molecule has 5 heteroatoms. The van der Waals surface area contributed by atoms with Crippen molar-refractivity contribution in [3.8, 4) is 0 Å². The standard InChI is InChI=1S/C24H21ClN2O2/c1-16-7-11-18(12-8-16)23(28)27-22(15-19-5-3-4-6-21(19)25)24(29)26-20-13-9-17(2)10-14-20/h3-15H,1-2H3,(H,26,29)(H,27,28). The highest BCUT2D eigenvalue weighted by Gasteiger charge is 2.15. The van der Waals surface area contributed by atoms with Gasteiger partial charge >= 0.3 is 0 Å². The van der Waals surface area contributed by atoms with Crippen molar-refractivity contribution < 1.29 is 9.59 Å². The monoisotopic (exact) mass is 404 g/mol. The summed E-state index contributed by atoms with van der Waals surface area (Å²) in [6.45, 7) is 3.91. The number of anilines is 1. The first kappa shape index (κ1) is 20.4. The average Bonchev–Trinajstić information content (AvgIpc) is 2.71. The average molecular weight is 405 g/mol. The second-order valence-corrected chi connectivity index (χ2v) is 7.13. The first-order valence-electron chi connectivity index (χ1n) is 9.14. The zero-order chi connectivity index (χ0) is 20.8. The molecule has 3 aromatic rings. The first-order chi connectivity index (χ1) is 13.9. The number of benzene rings is 3. The van der Waals surface area contributed by atoms with Gasteiger partial charge in [-0.25, -0.2) is 0 Å². The minimum absolute atomic E-state index is 0.101. The van der Waals surface area contributed by atoms with Crippen LogP contribution in [0.3, 0.4) is 0 Å². The van der Waals surface area contributed by atoms with E-state index in [1.165, 1.54) is 0 Å². The van der Waals surface area contributed by atoms with E-state index in [1.54, 1.807) is 36.4 Å². The Hall–Kier alpha value is -3.37. The van der Waals surface area contributed by atoms with E-state index < -0.39 is 5.91 Å². The van der Waals surface area contributed by atoms with Gasteiger partial charge in [-0.05, 0) is 55.8 Å². The van der Waals surface area contributed by atoms with Crippen LogP contribution in [0.2, 0.25) is 5.02 Å². The summed E-state index contributed by atoms with van der Waals surface area (Å²) in [7, 11) is 0. The van der Waals surface area contributed by atoms with Crippen LogP contribution in [0.15, 0.2) is 78.5 Å². The van der Waals surface area contributed by atoms with Crippen LogP contribution in [-0.4, -0.2) is 11.8 Å². The maximum atomic E-state index is 12.9. The summed E-state index contributed by atoms with van der Waals surface area (Å²) < 4.78 is 0. The summed E-state index contributed by atoms with van der Waals surface area (Å²) in [5.74, 6) is -0.809. The number of hydrogen-bond donors (Lipinski definition) is 2. The van der Waals surface area contributed by atoms with E-state index in [0.717, 1.165) is 11.1 Å². The fourth-order valence-corrected chi connectivity index (χ4v) is 2.83. The molecule has 0 aliphatic heterocycles. The smallest absolute Gasteiger partial charge is 0.272 e. The lowest BCUT2D eigenvalue weighted by Crippen LogP contribution is -2.30. The lowest BCUT2D eigenvalue weighted by Gasteiger charge is -2.12. The summed E-state index contributed by atoms with van der Waals surface area (Å²) in [6.07, 6.45) is 1.57. The Kier molecular flexibility index (Phi) is 6.47. The Bertz CT molecular complexity index is 1050. The van der Waals surface area contributed by atoms with Gasteiger partial charge in [-0.1, -0.05) is 65.2 Å². The molecule has 2 amide bonds. The summed E-state index contributed by atoms with van der Waals surface area (Å²) in [6, 6.07) is 21.7. The number of rotatable bonds is 5. The van der Waals surface area contributed by atoms with Crippen LogP contribution in [0.5, 0.6) is 0 Å². The van der Waals surface area contributed by atoms with E-state index in [2.05, 4.69) is 10.6 Å². The molecule has 0 spiro atoms. The maximum absolute atomic E-state index is 12.9. The van der Waals surface area contributed by atoms with E-state index in [1.807, 2.05) is 56.3 Å². The zero-order valence-electron chi connectivity index (χ0n) is 16.2. The lowest BCUT2D eigenvalue weighted by molar-refractivity contribution is -0.113. The topological polar surface area (TPSA) is 58.2 Å². The predicted molar refractivity (Wildman–Crippen MR) is 118 cm³/mol. The fraction of sp³-hybridized carbons (Fsp3) is 0.0833. The van der Waals surface area contributed by atoms with Gasteiger partial charge in [0.15, 0.2) is 0 Å². The third-order valence-electron chi connectivity index (χ3n) is 4.32. The number of carbonyl (C=O) groups excluding carboxylic acids is 2. The molecule has 0 unspecified atom stereocenters. The molecule has 0 atom stereocenters. The summed E-state index contributed by atoms with van der Waals surface area (Å²) >= 11 is 6.23. The Labute approximate surface area is 175 Å². The van der Waals surface area contributed by atoms with Crippen molar-refractivity contribution in [3.63, 3.8) is 0 Å². The molecule has 3 aromatic carbocycles. The third-order valence-corrected chi connectivity index (χ3v) is 4.67. The molecule has 0 bridgehead atoms. The number of hydrogen-bond acceptors (Lipinski definition) is 2. The molecule has 0 fully saturated rings. The van der Waals surface area contributed by atoms with Crippen LogP contribution in [0.4, 0.5) is 5.69 Å². The molecule has 0 aliphatic rings. The molecule has 29 heavy (non-hydrogen) atoms. The first-order valence-corrected chi connectivity index (χ1v) is 9.52. The van der Waals surface area contributed by atoms with E-state index >= 15 is 0 Å². The summed E-state index contributed by atoms with van der Waals surface area (Å²) in [4.78, 5) is 25.6. The summed E-state index contributed by atoms with van der Waals surface area (Å²) in [5.41, 5.74) is 3.96. The number of amides is 2. The molecule has 2 N–H and O–H groups in total. The van der Waals surface area contributed by atoms with Gasteiger partial charge in [0.25, 0.3) is 11.8 Å². The molecule has 146 valence electrons. The summed E-state index contributed by atoms with van der Waals surface area (Å²) in [5, 5.41) is 6.01. The Morgan fingerprint density at radius 3 is 2.03 bits per heavy atom. The van der Waals surface area contributed by atoms with Crippen molar-refractivity contribution in [2.75, 3.05) is 5.32 Å².